The lowest BCUT2D eigenvalue weighted by atomic mass is 10.2. The van der Waals surface area contributed by atoms with Gasteiger partial charge in [-0.2, -0.15) is 0 Å². The second-order valence-corrected chi connectivity index (χ2v) is 6.15. The second kappa shape index (κ2) is 9.33. The number of imide groups is 1. The smallest absolute Gasteiger partial charge is 0.257 e. The Bertz CT molecular complexity index is 644. The highest BCUT2D eigenvalue weighted by molar-refractivity contribution is 6.23. The molecule has 3 amide bonds. The van der Waals surface area contributed by atoms with Crippen molar-refractivity contribution in [3.8, 4) is 5.75 Å². The maximum absolute atomic E-state index is 12.8. The summed E-state index contributed by atoms with van der Waals surface area (Å²) in [5.74, 6) is -0.260. The highest BCUT2D eigenvalue weighted by Crippen LogP contribution is 2.28. The monoisotopic (exact) mass is 362 g/mol. The molecule has 1 aromatic rings. The van der Waals surface area contributed by atoms with Crippen LogP contribution in [-0.4, -0.2) is 53.5 Å². The summed E-state index contributed by atoms with van der Waals surface area (Å²) >= 11 is 0. The molecule has 0 radical (unpaired) electrons. The van der Waals surface area contributed by atoms with Crippen LogP contribution in [0.1, 0.15) is 39.5 Å². The molecule has 1 aliphatic rings. The molecule has 2 rings (SSSR count). The molecule has 1 saturated heterocycles. The molecule has 26 heavy (non-hydrogen) atoms. The normalized spacial score (nSPS) is 16.9. The van der Waals surface area contributed by atoms with Crippen molar-refractivity contribution in [3.63, 3.8) is 0 Å². The number of ether oxygens (including phenoxy) is 1. The summed E-state index contributed by atoms with van der Waals surface area (Å²) in [4.78, 5) is 40.0. The van der Waals surface area contributed by atoms with Gasteiger partial charge < -0.3 is 14.7 Å². The van der Waals surface area contributed by atoms with Gasteiger partial charge in [-0.3, -0.25) is 14.4 Å². The van der Waals surface area contributed by atoms with E-state index in [-0.39, 0.29) is 37.8 Å². The molecule has 1 heterocycles. The van der Waals surface area contributed by atoms with Crippen molar-refractivity contribution < 1.29 is 24.2 Å². The molecule has 1 N–H and O–H groups in total. The van der Waals surface area contributed by atoms with Crippen molar-refractivity contribution in [2.75, 3.05) is 24.7 Å². The zero-order valence-corrected chi connectivity index (χ0v) is 15.3. The molecule has 0 spiro atoms. The van der Waals surface area contributed by atoms with Crippen LogP contribution >= 0.6 is 0 Å². The van der Waals surface area contributed by atoms with E-state index in [9.17, 15) is 14.4 Å². The first kappa shape index (κ1) is 19.9. The van der Waals surface area contributed by atoms with E-state index in [1.807, 2.05) is 6.92 Å². The summed E-state index contributed by atoms with van der Waals surface area (Å²) in [6.45, 7) is 4.50. The SMILES string of the molecule is CCCOc1ccc(N2C(=O)C[C@@H](N(CCCO)C(=O)CC)C2=O)cc1. The molecule has 1 fully saturated rings. The number of hydrogen-bond acceptors (Lipinski definition) is 5. The van der Waals surface area contributed by atoms with Crippen LogP contribution in [0.15, 0.2) is 24.3 Å². The number of carbonyl (C=O) groups excluding carboxylic acids is 3. The van der Waals surface area contributed by atoms with Gasteiger partial charge in [0.05, 0.1) is 18.7 Å². The number of aliphatic hydroxyl groups excluding tert-OH is 1. The number of benzene rings is 1. The maximum Gasteiger partial charge on any atom is 0.257 e. The Morgan fingerprint density at radius 1 is 1.27 bits per heavy atom. The lowest BCUT2D eigenvalue weighted by Crippen LogP contribution is -2.46. The molecule has 142 valence electrons. The van der Waals surface area contributed by atoms with Gasteiger partial charge in [0, 0.05) is 19.6 Å². The van der Waals surface area contributed by atoms with Gasteiger partial charge in [-0.1, -0.05) is 13.8 Å². The molecule has 1 atom stereocenters. The van der Waals surface area contributed by atoms with Gasteiger partial charge in [0.25, 0.3) is 5.91 Å². The third kappa shape index (κ3) is 4.40. The van der Waals surface area contributed by atoms with Crippen LogP contribution < -0.4 is 9.64 Å². The Balaban J connectivity index is 2.17. The predicted molar refractivity (Wildman–Crippen MR) is 96.8 cm³/mol. The molecule has 0 aliphatic carbocycles. The first-order valence-electron chi connectivity index (χ1n) is 9.03. The van der Waals surface area contributed by atoms with Gasteiger partial charge in [0.2, 0.25) is 11.8 Å². The minimum Gasteiger partial charge on any atom is -0.494 e. The van der Waals surface area contributed by atoms with E-state index in [0.717, 1.165) is 11.3 Å². The van der Waals surface area contributed by atoms with Crippen molar-refractivity contribution in [3.05, 3.63) is 24.3 Å². The molecule has 0 aromatic heterocycles. The molecule has 0 bridgehead atoms. The number of carbonyl (C=O) groups is 3. The zero-order chi connectivity index (χ0) is 19.1. The van der Waals surface area contributed by atoms with Crippen LogP contribution in [0.2, 0.25) is 0 Å². The molecular weight excluding hydrogens is 336 g/mol. The number of hydrogen-bond donors (Lipinski definition) is 1. The summed E-state index contributed by atoms with van der Waals surface area (Å²) in [6, 6.07) is 5.97. The number of nitrogens with zero attached hydrogens (tertiary/aromatic N) is 2. The first-order chi connectivity index (χ1) is 12.5. The molecule has 0 saturated carbocycles. The Kier molecular flexibility index (Phi) is 7.15. The Hall–Kier alpha value is -2.41. The highest BCUT2D eigenvalue weighted by atomic mass is 16.5. The van der Waals surface area contributed by atoms with Crippen LogP contribution in [0.4, 0.5) is 5.69 Å². The Morgan fingerprint density at radius 3 is 2.54 bits per heavy atom. The van der Waals surface area contributed by atoms with E-state index < -0.39 is 11.9 Å². The molecule has 1 aromatic carbocycles. The minimum absolute atomic E-state index is 0.0376. The average molecular weight is 362 g/mol. The largest absolute Gasteiger partial charge is 0.494 e. The Morgan fingerprint density at radius 2 is 1.96 bits per heavy atom. The van der Waals surface area contributed by atoms with E-state index >= 15 is 0 Å². The Labute approximate surface area is 153 Å². The van der Waals surface area contributed by atoms with Crippen molar-refractivity contribution in [1.29, 1.82) is 0 Å². The van der Waals surface area contributed by atoms with Crippen molar-refractivity contribution in [2.24, 2.45) is 0 Å². The molecule has 7 nitrogen and oxygen atoms in total. The van der Waals surface area contributed by atoms with E-state index in [4.69, 9.17) is 9.84 Å². The van der Waals surface area contributed by atoms with Gasteiger partial charge in [-0.15, -0.1) is 0 Å². The van der Waals surface area contributed by atoms with Gasteiger partial charge in [-0.25, -0.2) is 4.90 Å². The molecule has 1 aliphatic heterocycles. The lowest BCUT2D eigenvalue weighted by molar-refractivity contribution is -0.138. The van der Waals surface area contributed by atoms with Gasteiger partial charge in [0.1, 0.15) is 11.8 Å². The molecular formula is C19H26N2O5. The van der Waals surface area contributed by atoms with Crippen molar-refractivity contribution in [1.82, 2.24) is 4.90 Å². The van der Waals surface area contributed by atoms with Crippen LogP contribution in [0.25, 0.3) is 0 Å². The third-order valence-electron chi connectivity index (χ3n) is 4.25. The second-order valence-electron chi connectivity index (χ2n) is 6.15. The van der Waals surface area contributed by atoms with E-state index in [1.165, 1.54) is 4.90 Å². The summed E-state index contributed by atoms with van der Waals surface area (Å²) < 4.78 is 5.51. The predicted octanol–water partition coefficient (Wildman–Crippen LogP) is 1.73. The zero-order valence-electron chi connectivity index (χ0n) is 15.3. The fraction of sp³-hybridized carbons (Fsp3) is 0.526. The topological polar surface area (TPSA) is 87.2 Å². The van der Waals surface area contributed by atoms with Crippen LogP contribution in [-0.2, 0) is 14.4 Å². The number of aliphatic hydroxyl groups is 1. The number of anilines is 1. The van der Waals surface area contributed by atoms with Crippen LogP contribution in [0.3, 0.4) is 0 Å². The molecule has 0 unspecified atom stereocenters. The average Bonchev–Trinajstić information content (AvgIpc) is 2.94. The summed E-state index contributed by atoms with van der Waals surface area (Å²) in [5, 5.41) is 9.04. The quantitative estimate of drug-likeness (QED) is 0.676. The molecule has 7 heteroatoms. The first-order valence-corrected chi connectivity index (χ1v) is 9.03. The lowest BCUT2D eigenvalue weighted by Gasteiger charge is -2.27. The maximum atomic E-state index is 12.8. The van der Waals surface area contributed by atoms with Crippen LogP contribution in [0, 0.1) is 0 Å². The summed E-state index contributed by atoms with van der Waals surface area (Å²) in [7, 11) is 0. The fourth-order valence-electron chi connectivity index (χ4n) is 2.94. The van der Waals surface area contributed by atoms with Gasteiger partial charge in [-0.05, 0) is 37.1 Å². The summed E-state index contributed by atoms with van der Waals surface area (Å²) in [6.07, 6.45) is 1.46. The van der Waals surface area contributed by atoms with E-state index in [2.05, 4.69) is 0 Å². The standard InChI is InChI=1S/C19H26N2O5/c1-3-12-26-15-8-6-14(7-9-15)21-18(24)13-16(19(21)25)20(10-5-11-22)17(23)4-2/h6-9,16,22H,3-5,10-13H2,1-2H3/t16-/m1/s1. The minimum atomic E-state index is -0.808. The number of rotatable bonds is 9. The van der Waals surface area contributed by atoms with Crippen molar-refractivity contribution in [2.45, 2.75) is 45.6 Å². The van der Waals surface area contributed by atoms with E-state index in [0.29, 0.717) is 24.5 Å². The van der Waals surface area contributed by atoms with Gasteiger partial charge in [0.15, 0.2) is 0 Å². The fourth-order valence-corrected chi connectivity index (χ4v) is 2.94. The van der Waals surface area contributed by atoms with Crippen LogP contribution in [0.5, 0.6) is 5.75 Å². The summed E-state index contributed by atoms with van der Waals surface area (Å²) in [5.41, 5.74) is 0.470. The third-order valence-corrected chi connectivity index (χ3v) is 4.25. The van der Waals surface area contributed by atoms with E-state index in [1.54, 1.807) is 31.2 Å². The number of amides is 3. The van der Waals surface area contributed by atoms with Crippen molar-refractivity contribution >= 4 is 23.4 Å². The highest BCUT2D eigenvalue weighted by Gasteiger charge is 2.43. The van der Waals surface area contributed by atoms with Gasteiger partial charge >= 0.3 is 0 Å².